The highest BCUT2D eigenvalue weighted by Crippen LogP contribution is 2.32. The first kappa shape index (κ1) is 14.1. The molecule has 0 saturated carbocycles. The number of amides is 1. The summed E-state index contributed by atoms with van der Waals surface area (Å²) in [6, 6.07) is 3.52. The maximum absolute atomic E-state index is 11.2. The van der Waals surface area contributed by atoms with E-state index in [0.29, 0.717) is 28.6 Å². The average molecular weight is 275 g/mol. The van der Waals surface area contributed by atoms with Crippen LogP contribution in [0.5, 0.6) is 0 Å². The fourth-order valence-electron chi connectivity index (χ4n) is 1.38. The Morgan fingerprint density at radius 3 is 2.47 bits per heavy atom. The second-order valence-electron chi connectivity index (χ2n) is 4.68. The Hall–Kier alpha value is -0.930. The molecule has 94 valence electrons. The summed E-state index contributed by atoms with van der Waals surface area (Å²) in [6.45, 7) is 3.62. The van der Waals surface area contributed by atoms with Gasteiger partial charge < -0.3 is 11.5 Å². The molecule has 0 aliphatic rings. The smallest absolute Gasteiger partial charge is 0.223 e. The van der Waals surface area contributed by atoms with Crippen molar-refractivity contribution in [3.05, 3.63) is 27.7 Å². The monoisotopic (exact) mass is 274 g/mol. The van der Waals surface area contributed by atoms with Crippen LogP contribution in [0.4, 0.5) is 5.69 Å². The van der Waals surface area contributed by atoms with Crippen molar-refractivity contribution in [2.24, 2.45) is 11.1 Å². The van der Waals surface area contributed by atoms with E-state index in [2.05, 4.69) is 0 Å². The molecule has 0 heterocycles. The predicted octanol–water partition coefficient (Wildman–Crippen LogP) is 3.02. The van der Waals surface area contributed by atoms with Crippen LogP contribution in [0.25, 0.3) is 0 Å². The van der Waals surface area contributed by atoms with Crippen LogP contribution in [0.2, 0.25) is 10.0 Å². The standard InChI is InChI=1S/C12H16Cl2N2O/c1-12(2,11(16)17)6-5-7-3-4-8(13)10(15)9(7)14/h3-4H,5-6,15H2,1-2H3,(H2,16,17). The summed E-state index contributed by atoms with van der Waals surface area (Å²) < 4.78 is 0. The Morgan fingerprint density at radius 2 is 1.94 bits per heavy atom. The molecule has 3 nitrogen and oxygen atoms in total. The molecule has 0 bridgehead atoms. The Morgan fingerprint density at radius 1 is 1.35 bits per heavy atom. The van der Waals surface area contributed by atoms with E-state index in [9.17, 15) is 4.79 Å². The predicted molar refractivity (Wildman–Crippen MR) is 72.2 cm³/mol. The zero-order valence-electron chi connectivity index (χ0n) is 9.89. The second kappa shape index (κ2) is 5.15. The summed E-state index contributed by atoms with van der Waals surface area (Å²) in [4.78, 5) is 11.2. The Labute approximate surface area is 111 Å². The van der Waals surface area contributed by atoms with E-state index in [1.54, 1.807) is 6.07 Å². The van der Waals surface area contributed by atoms with E-state index in [4.69, 9.17) is 34.7 Å². The lowest BCUT2D eigenvalue weighted by Gasteiger charge is -2.20. The van der Waals surface area contributed by atoms with Crippen molar-refractivity contribution in [1.29, 1.82) is 0 Å². The molecule has 5 heteroatoms. The molecule has 0 aliphatic heterocycles. The summed E-state index contributed by atoms with van der Waals surface area (Å²) >= 11 is 11.9. The number of carbonyl (C=O) groups is 1. The highest BCUT2D eigenvalue weighted by Gasteiger charge is 2.24. The number of anilines is 1. The molecule has 0 atom stereocenters. The fraction of sp³-hybridized carbons (Fsp3) is 0.417. The van der Waals surface area contributed by atoms with E-state index in [1.807, 2.05) is 19.9 Å². The first-order valence-electron chi connectivity index (χ1n) is 5.28. The summed E-state index contributed by atoms with van der Waals surface area (Å²) in [6.07, 6.45) is 1.25. The number of benzene rings is 1. The van der Waals surface area contributed by atoms with Crippen molar-refractivity contribution in [2.75, 3.05) is 5.73 Å². The van der Waals surface area contributed by atoms with Crippen LogP contribution in [0.3, 0.4) is 0 Å². The molecular weight excluding hydrogens is 259 g/mol. The van der Waals surface area contributed by atoms with Gasteiger partial charge in [0.1, 0.15) is 0 Å². The number of halogens is 2. The average Bonchev–Trinajstić information content (AvgIpc) is 2.25. The first-order valence-corrected chi connectivity index (χ1v) is 6.03. The molecule has 0 unspecified atom stereocenters. The lowest BCUT2D eigenvalue weighted by Crippen LogP contribution is -2.31. The van der Waals surface area contributed by atoms with E-state index in [1.165, 1.54) is 0 Å². The lowest BCUT2D eigenvalue weighted by atomic mass is 9.85. The molecule has 1 rings (SSSR count). The molecule has 1 amide bonds. The van der Waals surface area contributed by atoms with Crippen molar-refractivity contribution >= 4 is 34.8 Å². The van der Waals surface area contributed by atoms with Crippen LogP contribution < -0.4 is 11.5 Å². The molecule has 0 radical (unpaired) electrons. The molecular formula is C12H16Cl2N2O. The van der Waals surface area contributed by atoms with Gasteiger partial charge in [0.2, 0.25) is 5.91 Å². The Kier molecular flexibility index (Phi) is 4.28. The molecule has 4 N–H and O–H groups in total. The van der Waals surface area contributed by atoms with Crippen molar-refractivity contribution in [3.63, 3.8) is 0 Å². The third kappa shape index (κ3) is 3.27. The molecule has 0 spiro atoms. The normalized spacial score (nSPS) is 11.5. The molecule has 0 aromatic heterocycles. The number of rotatable bonds is 4. The van der Waals surface area contributed by atoms with Crippen molar-refractivity contribution in [3.8, 4) is 0 Å². The zero-order chi connectivity index (χ0) is 13.2. The summed E-state index contributed by atoms with van der Waals surface area (Å²) in [5.41, 5.74) is 11.7. The van der Waals surface area contributed by atoms with Gasteiger partial charge in [-0.15, -0.1) is 0 Å². The molecule has 0 fully saturated rings. The highest BCUT2D eigenvalue weighted by atomic mass is 35.5. The quantitative estimate of drug-likeness (QED) is 0.829. The van der Waals surface area contributed by atoms with Crippen molar-refractivity contribution in [1.82, 2.24) is 0 Å². The Bertz CT molecular complexity index is 444. The third-order valence-electron chi connectivity index (χ3n) is 2.89. The lowest BCUT2D eigenvalue weighted by molar-refractivity contribution is -0.126. The zero-order valence-corrected chi connectivity index (χ0v) is 11.4. The highest BCUT2D eigenvalue weighted by molar-refractivity contribution is 6.39. The third-order valence-corrected chi connectivity index (χ3v) is 3.67. The van der Waals surface area contributed by atoms with E-state index in [0.717, 1.165) is 5.56 Å². The fourth-order valence-corrected chi connectivity index (χ4v) is 1.84. The van der Waals surface area contributed by atoms with Crippen LogP contribution >= 0.6 is 23.2 Å². The van der Waals surface area contributed by atoms with Gasteiger partial charge in [-0.1, -0.05) is 43.1 Å². The Balaban J connectivity index is 2.84. The van der Waals surface area contributed by atoms with Crippen LogP contribution in [0.15, 0.2) is 12.1 Å². The topological polar surface area (TPSA) is 69.1 Å². The number of hydrogen-bond acceptors (Lipinski definition) is 2. The molecule has 1 aromatic rings. The molecule has 0 aliphatic carbocycles. The van der Waals surface area contributed by atoms with E-state index < -0.39 is 5.41 Å². The SMILES string of the molecule is CC(C)(CCc1ccc(Cl)c(N)c1Cl)C(N)=O. The van der Waals surface area contributed by atoms with Crippen LogP contribution in [0, 0.1) is 5.41 Å². The van der Waals surface area contributed by atoms with Crippen LogP contribution in [0.1, 0.15) is 25.8 Å². The van der Waals surface area contributed by atoms with Gasteiger partial charge in [0.15, 0.2) is 0 Å². The van der Waals surface area contributed by atoms with Crippen molar-refractivity contribution < 1.29 is 4.79 Å². The summed E-state index contributed by atoms with van der Waals surface area (Å²) in [5.74, 6) is -0.324. The van der Waals surface area contributed by atoms with Crippen molar-refractivity contribution in [2.45, 2.75) is 26.7 Å². The first-order chi connectivity index (χ1) is 7.75. The second-order valence-corrected chi connectivity index (χ2v) is 5.47. The van der Waals surface area contributed by atoms with E-state index >= 15 is 0 Å². The summed E-state index contributed by atoms with van der Waals surface area (Å²) in [5, 5.41) is 0.894. The van der Waals surface area contributed by atoms with Gasteiger partial charge in [-0.2, -0.15) is 0 Å². The largest absolute Gasteiger partial charge is 0.396 e. The number of carbonyl (C=O) groups excluding carboxylic acids is 1. The van der Waals surface area contributed by atoms with Gasteiger partial charge in [0.05, 0.1) is 15.7 Å². The maximum Gasteiger partial charge on any atom is 0.223 e. The molecule has 17 heavy (non-hydrogen) atoms. The minimum Gasteiger partial charge on any atom is -0.396 e. The summed E-state index contributed by atoms with van der Waals surface area (Å²) in [7, 11) is 0. The van der Waals surface area contributed by atoms with E-state index in [-0.39, 0.29) is 5.91 Å². The maximum atomic E-state index is 11.2. The number of hydrogen-bond donors (Lipinski definition) is 2. The number of aryl methyl sites for hydroxylation is 1. The van der Waals surface area contributed by atoms with Crippen LogP contribution in [-0.4, -0.2) is 5.91 Å². The van der Waals surface area contributed by atoms with Gasteiger partial charge in [-0.05, 0) is 24.5 Å². The van der Waals surface area contributed by atoms with Gasteiger partial charge in [-0.3, -0.25) is 4.79 Å². The molecule has 1 aromatic carbocycles. The van der Waals surface area contributed by atoms with Gasteiger partial charge >= 0.3 is 0 Å². The minimum atomic E-state index is -0.558. The minimum absolute atomic E-state index is 0.324. The number of nitrogen functional groups attached to an aromatic ring is 1. The van der Waals surface area contributed by atoms with Gasteiger partial charge in [-0.25, -0.2) is 0 Å². The molecule has 0 saturated heterocycles. The number of primary amides is 1. The van der Waals surface area contributed by atoms with Gasteiger partial charge in [0.25, 0.3) is 0 Å². The van der Waals surface area contributed by atoms with Crippen LogP contribution in [-0.2, 0) is 11.2 Å². The van der Waals surface area contributed by atoms with Gasteiger partial charge in [0, 0.05) is 5.41 Å². The number of nitrogens with two attached hydrogens (primary N) is 2.